The van der Waals surface area contributed by atoms with Gasteiger partial charge in [0.2, 0.25) is 11.7 Å². The highest BCUT2D eigenvalue weighted by Gasteiger charge is 2.20. The van der Waals surface area contributed by atoms with E-state index in [9.17, 15) is 9.59 Å². The molecule has 7 heteroatoms. The first-order valence-electron chi connectivity index (χ1n) is 11.0. The molecule has 4 rings (SSSR count). The molecule has 0 radical (unpaired) electrons. The summed E-state index contributed by atoms with van der Waals surface area (Å²) in [5, 5.41) is 0. The second-order valence-corrected chi connectivity index (χ2v) is 7.82. The molecule has 0 bridgehead atoms. The Morgan fingerprint density at radius 1 is 0.941 bits per heavy atom. The van der Waals surface area contributed by atoms with E-state index in [4.69, 9.17) is 9.47 Å². The Kier molecular flexibility index (Phi) is 7.13. The Balaban J connectivity index is 1.41. The number of esters is 1. The maximum Gasteiger partial charge on any atom is 0.344 e. The van der Waals surface area contributed by atoms with Crippen LogP contribution in [-0.4, -0.2) is 32.9 Å². The van der Waals surface area contributed by atoms with Crippen LogP contribution in [0.2, 0.25) is 0 Å². The molecule has 3 aromatic heterocycles. The molecule has 0 aliphatic rings. The van der Waals surface area contributed by atoms with Gasteiger partial charge in [0.1, 0.15) is 11.3 Å². The van der Waals surface area contributed by atoms with E-state index in [1.54, 1.807) is 30.5 Å². The molecule has 1 aromatic carbocycles. The predicted octanol–water partition coefficient (Wildman–Crippen LogP) is 4.97. The number of aryl methyl sites for hydroxylation is 2. The van der Waals surface area contributed by atoms with Crippen molar-refractivity contribution in [1.29, 1.82) is 0 Å². The number of ketones is 1. The minimum absolute atomic E-state index is 0.0899. The Labute approximate surface area is 198 Å². The Morgan fingerprint density at radius 2 is 1.74 bits per heavy atom. The van der Waals surface area contributed by atoms with Gasteiger partial charge in [0.05, 0.1) is 6.20 Å². The number of aromatic nitrogens is 3. The Morgan fingerprint density at radius 3 is 2.50 bits per heavy atom. The van der Waals surface area contributed by atoms with Crippen molar-refractivity contribution in [2.45, 2.75) is 26.8 Å². The van der Waals surface area contributed by atoms with Gasteiger partial charge in [0.15, 0.2) is 6.61 Å². The minimum Gasteiger partial charge on any atom is -0.454 e. The number of Topliss-reactive ketones (excluding diaryl/α,β-unsaturated/α-hetero) is 1. The van der Waals surface area contributed by atoms with E-state index in [-0.39, 0.29) is 23.8 Å². The zero-order valence-electron chi connectivity index (χ0n) is 19.1. The van der Waals surface area contributed by atoms with Gasteiger partial charge in [-0.05, 0) is 56.2 Å². The van der Waals surface area contributed by atoms with E-state index in [2.05, 4.69) is 26.7 Å². The zero-order valence-corrected chi connectivity index (χ0v) is 19.1. The van der Waals surface area contributed by atoms with Crippen molar-refractivity contribution in [3.05, 3.63) is 107 Å². The largest absolute Gasteiger partial charge is 0.454 e. The molecule has 7 nitrogen and oxygen atoms in total. The summed E-state index contributed by atoms with van der Waals surface area (Å²) in [4.78, 5) is 33.7. The third-order valence-electron chi connectivity index (χ3n) is 5.52. The summed E-state index contributed by atoms with van der Waals surface area (Å²) < 4.78 is 13.1. The molecule has 3 heterocycles. The average molecular weight is 456 g/mol. The lowest BCUT2D eigenvalue weighted by atomic mass is 10.1. The van der Waals surface area contributed by atoms with Gasteiger partial charge in [0, 0.05) is 35.9 Å². The van der Waals surface area contributed by atoms with E-state index < -0.39 is 5.97 Å². The third kappa shape index (κ3) is 5.38. The number of carbonyl (C=O) groups is 2. The van der Waals surface area contributed by atoms with Crippen LogP contribution in [-0.2, 0) is 17.7 Å². The molecule has 0 N–H and O–H groups in total. The molecule has 0 aliphatic carbocycles. The number of pyridine rings is 2. The van der Waals surface area contributed by atoms with Crippen LogP contribution in [0.4, 0.5) is 0 Å². The fourth-order valence-corrected chi connectivity index (χ4v) is 3.75. The fourth-order valence-electron chi connectivity index (χ4n) is 3.75. The molecule has 0 saturated carbocycles. The van der Waals surface area contributed by atoms with Crippen molar-refractivity contribution in [2.75, 3.05) is 6.61 Å². The van der Waals surface area contributed by atoms with E-state index in [0.717, 1.165) is 24.4 Å². The van der Waals surface area contributed by atoms with E-state index in [0.29, 0.717) is 11.3 Å². The maximum absolute atomic E-state index is 12.9. The lowest BCUT2D eigenvalue weighted by Crippen LogP contribution is -2.16. The topological polar surface area (TPSA) is 83.3 Å². The summed E-state index contributed by atoms with van der Waals surface area (Å²) in [5.74, 6) is -0.412. The Hall–Kier alpha value is -4.26. The monoisotopic (exact) mass is 455 g/mol. The van der Waals surface area contributed by atoms with Crippen LogP contribution in [0.1, 0.15) is 37.7 Å². The lowest BCUT2D eigenvalue weighted by molar-refractivity contribution is 0.0471. The van der Waals surface area contributed by atoms with Crippen LogP contribution in [0, 0.1) is 13.8 Å². The highest BCUT2D eigenvalue weighted by atomic mass is 16.5. The smallest absolute Gasteiger partial charge is 0.344 e. The molecule has 0 unspecified atom stereocenters. The number of benzene rings is 1. The van der Waals surface area contributed by atoms with E-state index in [1.165, 1.54) is 18.0 Å². The van der Waals surface area contributed by atoms with Gasteiger partial charge < -0.3 is 14.0 Å². The van der Waals surface area contributed by atoms with Gasteiger partial charge >= 0.3 is 5.97 Å². The SMILES string of the molecule is Cc1cc(C(=O)COC(=O)c2cccnc2Oc2cccnc2)c(C)n1CCc1ccccc1. The molecule has 0 spiro atoms. The molecular weight excluding hydrogens is 430 g/mol. The van der Waals surface area contributed by atoms with Crippen LogP contribution in [0.15, 0.2) is 79.3 Å². The number of ether oxygens (including phenoxy) is 2. The number of nitrogens with zero attached hydrogens (tertiary/aromatic N) is 3. The zero-order chi connectivity index (χ0) is 23.9. The molecule has 0 atom stereocenters. The van der Waals surface area contributed by atoms with Crippen molar-refractivity contribution < 1.29 is 19.1 Å². The van der Waals surface area contributed by atoms with Crippen LogP contribution < -0.4 is 4.74 Å². The molecular formula is C27H25N3O4. The minimum atomic E-state index is -0.682. The summed E-state index contributed by atoms with van der Waals surface area (Å²) in [6, 6.07) is 18.6. The Bertz CT molecular complexity index is 1280. The molecule has 0 amide bonds. The van der Waals surface area contributed by atoms with Crippen molar-refractivity contribution >= 4 is 11.8 Å². The number of rotatable bonds is 9. The number of hydrogen-bond donors (Lipinski definition) is 0. The standard InChI is InChI=1S/C27H25N3O4/c1-19-16-24(20(2)30(19)15-12-21-8-4-3-5-9-21)25(31)18-33-27(32)23-11-7-14-29-26(23)34-22-10-6-13-28-17-22/h3-11,13-14,16-17H,12,15,18H2,1-2H3. The van der Waals surface area contributed by atoms with Gasteiger partial charge in [-0.1, -0.05) is 30.3 Å². The van der Waals surface area contributed by atoms with Crippen molar-refractivity contribution in [3.8, 4) is 11.6 Å². The summed E-state index contributed by atoms with van der Waals surface area (Å²) >= 11 is 0. The van der Waals surface area contributed by atoms with E-state index >= 15 is 0 Å². The van der Waals surface area contributed by atoms with Gasteiger partial charge in [-0.2, -0.15) is 0 Å². The fraction of sp³-hybridized carbons (Fsp3) is 0.185. The summed E-state index contributed by atoms with van der Waals surface area (Å²) in [7, 11) is 0. The van der Waals surface area contributed by atoms with Crippen molar-refractivity contribution in [1.82, 2.24) is 14.5 Å². The first-order chi connectivity index (χ1) is 16.5. The van der Waals surface area contributed by atoms with Crippen LogP contribution >= 0.6 is 0 Å². The second-order valence-electron chi connectivity index (χ2n) is 7.82. The lowest BCUT2D eigenvalue weighted by Gasteiger charge is -2.11. The normalized spacial score (nSPS) is 10.6. The molecule has 0 fully saturated rings. The van der Waals surface area contributed by atoms with Gasteiger partial charge in [-0.25, -0.2) is 9.78 Å². The van der Waals surface area contributed by atoms with E-state index in [1.807, 2.05) is 38.1 Å². The molecule has 172 valence electrons. The second kappa shape index (κ2) is 10.6. The highest BCUT2D eigenvalue weighted by molar-refractivity contribution is 6.00. The van der Waals surface area contributed by atoms with Gasteiger partial charge in [-0.3, -0.25) is 9.78 Å². The third-order valence-corrected chi connectivity index (χ3v) is 5.52. The van der Waals surface area contributed by atoms with Crippen molar-refractivity contribution in [2.24, 2.45) is 0 Å². The number of carbonyl (C=O) groups excluding carboxylic acids is 2. The van der Waals surface area contributed by atoms with Gasteiger partial charge in [-0.15, -0.1) is 0 Å². The van der Waals surface area contributed by atoms with Crippen molar-refractivity contribution in [3.63, 3.8) is 0 Å². The van der Waals surface area contributed by atoms with Gasteiger partial charge in [0.25, 0.3) is 0 Å². The molecule has 0 aliphatic heterocycles. The maximum atomic E-state index is 12.9. The van der Waals surface area contributed by atoms with Crippen LogP contribution in [0.5, 0.6) is 11.6 Å². The first kappa shape index (κ1) is 22.9. The first-order valence-corrected chi connectivity index (χ1v) is 11.0. The summed E-state index contributed by atoms with van der Waals surface area (Å²) in [6.45, 7) is 4.27. The quantitative estimate of drug-likeness (QED) is 0.262. The highest BCUT2D eigenvalue weighted by Crippen LogP contribution is 2.23. The molecule has 34 heavy (non-hydrogen) atoms. The average Bonchev–Trinajstić information content (AvgIpc) is 3.15. The molecule has 4 aromatic rings. The summed E-state index contributed by atoms with van der Waals surface area (Å²) in [5.41, 5.74) is 3.76. The van der Waals surface area contributed by atoms with Crippen LogP contribution in [0.25, 0.3) is 0 Å². The molecule has 0 saturated heterocycles. The van der Waals surface area contributed by atoms with Crippen LogP contribution in [0.3, 0.4) is 0 Å². The predicted molar refractivity (Wildman–Crippen MR) is 127 cm³/mol. The summed E-state index contributed by atoms with van der Waals surface area (Å²) in [6.07, 6.45) is 5.50. The number of hydrogen-bond acceptors (Lipinski definition) is 6.